The molecule has 0 saturated heterocycles. The van der Waals surface area contributed by atoms with Gasteiger partial charge in [-0.2, -0.15) is 0 Å². The van der Waals surface area contributed by atoms with Gasteiger partial charge in [-0.15, -0.1) is 0 Å². The van der Waals surface area contributed by atoms with Gasteiger partial charge in [0.2, 0.25) is 0 Å². The monoisotopic (exact) mass is 303 g/mol. The quantitative estimate of drug-likeness (QED) is 0.880. The van der Waals surface area contributed by atoms with Crippen molar-refractivity contribution in [3.63, 3.8) is 0 Å². The highest BCUT2D eigenvalue weighted by Crippen LogP contribution is 2.16. The van der Waals surface area contributed by atoms with Crippen LogP contribution in [0.3, 0.4) is 0 Å². The van der Waals surface area contributed by atoms with Crippen molar-refractivity contribution >= 4 is 27.7 Å². The Morgan fingerprint density at radius 3 is 2.10 bits per heavy atom. The van der Waals surface area contributed by atoms with E-state index >= 15 is 0 Å². The smallest absolute Gasteiger partial charge is 0.335 e. The zero-order valence-corrected chi connectivity index (χ0v) is 12.0. The van der Waals surface area contributed by atoms with Gasteiger partial charge in [0.1, 0.15) is 0 Å². The van der Waals surface area contributed by atoms with Gasteiger partial charge in [-0.05, 0) is 42.0 Å². The number of aromatic carboxylic acids is 1. The van der Waals surface area contributed by atoms with Gasteiger partial charge in [-0.3, -0.25) is 4.99 Å². The van der Waals surface area contributed by atoms with Gasteiger partial charge in [0.15, 0.2) is 9.84 Å². The fourth-order valence-corrected chi connectivity index (χ4v) is 2.27. The first-order valence-electron chi connectivity index (χ1n) is 6.04. The van der Waals surface area contributed by atoms with Gasteiger partial charge in [0, 0.05) is 12.5 Å². The molecule has 0 amide bonds. The lowest BCUT2D eigenvalue weighted by Gasteiger charge is -1.99. The van der Waals surface area contributed by atoms with Crippen molar-refractivity contribution < 1.29 is 18.3 Å². The molecule has 0 heterocycles. The van der Waals surface area contributed by atoms with E-state index in [1.54, 1.807) is 30.5 Å². The number of rotatable bonds is 4. The van der Waals surface area contributed by atoms with E-state index in [0.29, 0.717) is 5.69 Å². The Hall–Kier alpha value is -2.47. The van der Waals surface area contributed by atoms with E-state index < -0.39 is 15.8 Å². The first-order valence-corrected chi connectivity index (χ1v) is 7.93. The van der Waals surface area contributed by atoms with Crippen LogP contribution in [-0.4, -0.2) is 32.0 Å². The highest BCUT2D eigenvalue weighted by Gasteiger charge is 2.05. The summed E-state index contributed by atoms with van der Waals surface area (Å²) < 4.78 is 22.6. The van der Waals surface area contributed by atoms with E-state index in [1.165, 1.54) is 24.3 Å². The zero-order chi connectivity index (χ0) is 15.5. The maximum atomic E-state index is 11.3. The number of nitrogens with zero attached hydrogens (tertiary/aromatic N) is 1. The molecule has 0 aliphatic heterocycles. The summed E-state index contributed by atoms with van der Waals surface area (Å²) >= 11 is 0. The summed E-state index contributed by atoms with van der Waals surface area (Å²) in [6.45, 7) is 0. The summed E-state index contributed by atoms with van der Waals surface area (Å²) in [5.41, 5.74) is 1.58. The van der Waals surface area contributed by atoms with Gasteiger partial charge in [0.05, 0.1) is 16.1 Å². The third-order valence-electron chi connectivity index (χ3n) is 2.79. The van der Waals surface area contributed by atoms with Crippen molar-refractivity contribution in [1.29, 1.82) is 0 Å². The largest absolute Gasteiger partial charge is 0.478 e. The maximum Gasteiger partial charge on any atom is 0.335 e. The van der Waals surface area contributed by atoms with E-state index in [-0.39, 0.29) is 10.5 Å². The second-order valence-electron chi connectivity index (χ2n) is 4.45. The lowest BCUT2D eigenvalue weighted by molar-refractivity contribution is 0.0697. The minimum atomic E-state index is -3.21. The molecule has 21 heavy (non-hydrogen) atoms. The average molecular weight is 303 g/mol. The fourth-order valence-electron chi connectivity index (χ4n) is 1.64. The molecule has 2 rings (SSSR count). The molecule has 0 bridgehead atoms. The Labute approximate surface area is 122 Å². The molecular formula is C15H13NO4S. The van der Waals surface area contributed by atoms with E-state index in [4.69, 9.17) is 5.11 Å². The lowest BCUT2D eigenvalue weighted by atomic mass is 10.1. The zero-order valence-electron chi connectivity index (χ0n) is 11.2. The Morgan fingerprint density at radius 1 is 1.05 bits per heavy atom. The summed E-state index contributed by atoms with van der Waals surface area (Å²) in [4.78, 5) is 15.2. The lowest BCUT2D eigenvalue weighted by Crippen LogP contribution is -1.96. The molecule has 108 valence electrons. The molecule has 0 unspecified atom stereocenters. The first kappa shape index (κ1) is 14.9. The van der Waals surface area contributed by atoms with Crippen LogP contribution in [0.1, 0.15) is 15.9 Å². The van der Waals surface area contributed by atoms with E-state index in [1.807, 2.05) is 0 Å². The third kappa shape index (κ3) is 4.00. The van der Waals surface area contributed by atoms with Gasteiger partial charge in [0.25, 0.3) is 0 Å². The predicted molar refractivity (Wildman–Crippen MR) is 80.2 cm³/mol. The molecule has 0 atom stereocenters. The Kier molecular flexibility index (Phi) is 4.18. The van der Waals surface area contributed by atoms with Crippen LogP contribution < -0.4 is 0 Å². The van der Waals surface area contributed by atoms with Crippen LogP contribution in [0.4, 0.5) is 5.69 Å². The number of carbonyl (C=O) groups is 1. The summed E-state index contributed by atoms with van der Waals surface area (Å²) in [6.07, 6.45) is 2.73. The van der Waals surface area contributed by atoms with E-state index in [9.17, 15) is 13.2 Å². The standard InChI is InChI=1S/C15H13NO4S/c1-21(19,20)14-8-6-13(7-9-14)16-10-11-2-4-12(5-3-11)15(17)18/h2-10H,1H3,(H,17,18). The van der Waals surface area contributed by atoms with Crippen molar-refractivity contribution in [2.45, 2.75) is 4.90 Å². The minimum absolute atomic E-state index is 0.213. The van der Waals surface area contributed by atoms with Crippen molar-refractivity contribution in [1.82, 2.24) is 0 Å². The molecule has 0 radical (unpaired) electrons. The maximum absolute atomic E-state index is 11.3. The van der Waals surface area contributed by atoms with Crippen LogP contribution in [0.25, 0.3) is 0 Å². The molecule has 0 saturated carbocycles. The van der Waals surface area contributed by atoms with Crippen molar-refractivity contribution in [3.8, 4) is 0 Å². The second-order valence-corrected chi connectivity index (χ2v) is 6.47. The Morgan fingerprint density at radius 2 is 1.62 bits per heavy atom. The molecule has 2 aromatic carbocycles. The molecular weight excluding hydrogens is 290 g/mol. The van der Waals surface area contributed by atoms with Crippen molar-refractivity contribution in [2.24, 2.45) is 4.99 Å². The number of carboxylic acids is 1. The van der Waals surface area contributed by atoms with Crippen LogP contribution in [0.5, 0.6) is 0 Å². The highest BCUT2D eigenvalue weighted by atomic mass is 32.2. The molecule has 1 N–H and O–H groups in total. The van der Waals surface area contributed by atoms with Gasteiger partial charge in [-0.1, -0.05) is 12.1 Å². The van der Waals surface area contributed by atoms with Gasteiger partial charge in [-0.25, -0.2) is 13.2 Å². The number of benzene rings is 2. The summed E-state index contributed by atoms with van der Waals surface area (Å²) in [5.74, 6) is -0.977. The Bertz CT molecular complexity index is 775. The second kappa shape index (κ2) is 5.88. The third-order valence-corrected chi connectivity index (χ3v) is 3.91. The SMILES string of the molecule is CS(=O)(=O)c1ccc(N=Cc2ccc(C(=O)O)cc2)cc1. The van der Waals surface area contributed by atoms with E-state index in [2.05, 4.69) is 4.99 Å². The fraction of sp³-hybridized carbons (Fsp3) is 0.0667. The predicted octanol–water partition coefficient (Wildman–Crippen LogP) is 2.54. The Balaban J connectivity index is 2.15. The van der Waals surface area contributed by atoms with Gasteiger partial charge < -0.3 is 5.11 Å². The molecule has 0 aliphatic rings. The van der Waals surface area contributed by atoms with E-state index in [0.717, 1.165) is 11.8 Å². The summed E-state index contributed by atoms with van der Waals surface area (Å²) in [7, 11) is -3.21. The van der Waals surface area contributed by atoms with Crippen LogP contribution in [0.2, 0.25) is 0 Å². The molecule has 6 heteroatoms. The molecule has 0 fully saturated rings. The molecule has 5 nitrogen and oxygen atoms in total. The minimum Gasteiger partial charge on any atom is -0.478 e. The first-order chi connectivity index (χ1) is 9.86. The average Bonchev–Trinajstić information content (AvgIpc) is 2.45. The van der Waals surface area contributed by atoms with Crippen LogP contribution >= 0.6 is 0 Å². The topological polar surface area (TPSA) is 83.8 Å². The van der Waals surface area contributed by atoms with Gasteiger partial charge >= 0.3 is 5.97 Å². The van der Waals surface area contributed by atoms with Crippen molar-refractivity contribution in [2.75, 3.05) is 6.26 Å². The number of carboxylic acid groups (broad SMARTS) is 1. The normalized spacial score (nSPS) is 11.7. The number of aliphatic imine (C=N–C) groups is 1. The van der Waals surface area contributed by atoms with Crippen LogP contribution in [0.15, 0.2) is 58.4 Å². The van der Waals surface area contributed by atoms with Crippen LogP contribution in [0, 0.1) is 0 Å². The summed E-state index contributed by atoms with van der Waals surface area (Å²) in [6, 6.07) is 12.5. The number of hydrogen-bond donors (Lipinski definition) is 1. The number of sulfone groups is 1. The van der Waals surface area contributed by atoms with Crippen LogP contribution in [-0.2, 0) is 9.84 Å². The molecule has 0 spiro atoms. The summed E-state index contributed by atoms with van der Waals surface area (Å²) in [5, 5.41) is 8.79. The highest BCUT2D eigenvalue weighted by molar-refractivity contribution is 7.90. The molecule has 2 aromatic rings. The van der Waals surface area contributed by atoms with Crippen molar-refractivity contribution in [3.05, 3.63) is 59.7 Å². The molecule has 0 aliphatic carbocycles. The molecule has 0 aromatic heterocycles. The number of hydrogen-bond acceptors (Lipinski definition) is 4.